The number of benzene rings is 1. The van der Waals surface area contributed by atoms with Crippen LogP contribution in [-0.2, 0) is 22.5 Å². The molecule has 1 amide bonds. The monoisotopic (exact) mass is 368 g/mol. The number of hydrogen-bond acceptors (Lipinski definition) is 4. The zero-order valence-electron chi connectivity index (χ0n) is 16.0. The summed E-state index contributed by atoms with van der Waals surface area (Å²) < 4.78 is 7.36. The van der Waals surface area contributed by atoms with E-state index in [4.69, 9.17) is 4.74 Å². The molecule has 0 unspecified atom stereocenters. The molecule has 0 radical (unpaired) electrons. The van der Waals surface area contributed by atoms with Gasteiger partial charge in [0, 0.05) is 26.0 Å². The summed E-state index contributed by atoms with van der Waals surface area (Å²) in [6, 6.07) is 9.98. The largest absolute Gasteiger partial charge is 0.383 e. The van der Waals surface area contributed by atoms with Crippen molar-refractivity contribution in [1.29, 1.82) is 0 Å². The van der Waals surface area contributed by atoms with Crippen LogP contribution in [0.15, 0.2) is 30.3 Å². The first-order chi connectivity index (χ1) is 13.3. The Morgan fingerprint density at radius 3 is 2.63 bits per heavy atom. The Kier molecular flexibility index (Phi) is 5.53. The van der Waals surface area contributed by atoms with Gasteiger partial charge in [0.1, 0.15) is 11.9 Å². The lowest BCUT2D eigenvalue weighted by Gasteiger charge is -2.35. The Hall–Kier alpha value is -2.21. The number of methoxy groups -OCH3 is 1. The number of hydrogen-bond donors (Lipinski definition) is 0. The van der Waals surface area contributed by atoms with Crippen LogP contribution in [0.1, 0.15) is 61.3 Å². The molecular weight excluding hydrogens is 340 g/mol. The molecule has 0 spiro atoms. The third-order valence-corrected chi connectivity index (χ3v) is 5.84. The van der Waals surface area contributed by atoms with Gasteiger partial charge >= 0.3 is 0 Å². The third kappa shape index (κ3) is 3.76. The second-order valence-electron chi connectivity index (χ2n) is 7.64. The number of aromatic nitrogens is 3. The van der Waals surface area contributed by atoms with E-state index >= 15 is 0 Å². The maximum atomic E-state index is 13.3. The molecule has 1 aliphatic carbocycles. The van der Waals surface area contributed by atoms with Gasteiger partial charge in [0.05, 0.1) is 13.2 Å². The number of nitrogens with zero attached hydrogens (tertiary/aromatic N) is 4. The molecule has 4 rings (SSSR count). The van der Waals surface area contributed by atoms with E-state index in [-0.39, 0.29) is 11.9 Å². The van der Waals surface area contributed by atoms with Gasteiger partial charge in [-0.25, -0.2) is 0 Å². The average Bonchev–Trinajstić information content (AvgIpc) is 3.14. The normalized spacial score (nSPS) is 20.7. The van der Waals surface area contributed by atoms with E-state index in [1.807, 2.05) is 23.1 Å². The summed E-state index contributed by atoms with van der Waals surface area (Å²) in [6.07, 6.45) is 6.76. The average molecular weight is 368 g/mol. The first kappa shape index (κ1) is 18.2. The highest BCUT2D eigenvalue weighted by molar-refractivity contribution is 5.82. The van der Waals surface area contributed by atoms with Gasteiger partial charge in [0.15, 0.2) is 5.82 Å². The Labute approximate surface area is 160 Å². The summed E-state index contributed by atoms with van der Waals surface area (Å²) in [5, 5.41) is 9.06. The van der Waals surface area contributed by atoms with Gasteiger partial charge in [-0.1, -0.05) is 49.6 Å². The molecule has 0 bridgehead atoms. The molecule has 1 saturated carbocycles. The molecule has 6 nitrogen and oxygen atoms in total. The van der Waals surface area contributed by atoms with Crippen LogP contribution in [0, 0.1) is 0 Å². The molecule has 1 aliphatic heterocycles. The number of fused-ring (bicyclic) bond motifs is 1. The molecule has 6 heteroatoms. The molecule has 1 fully saturated rings. The number of amides is 1. The minimum absolute atomic E-state index is 0.153. The van der Waals surface area contributed by atoms with Crippen molar-refractivity contribution in [2.45, 2.75) is 57.0 Å². The predicted molar refractivity (Wildman–Crippen MR) is 102 cm³/mol. The first-order valence-corrected chi connectivity index (χ1v) is 10.0. The summed E-state index contributed by atoms with van der Waals surface area (Å²) in [5.74, 6) is 2.51. The fraction of sp³-hybridized carbons (Fsp3) is 0.571. The second-order valence-corrected chi connectivity index (χ2v) is 7.64. The molecular formula is C21H28N4O2. The topological polar surface area (TPSA) is 60.2 Å². The van der Waals surface area contributed by atoms with Crippen LogP contribution in [0.25, 0.3) is 0 Å². The zero-order chi connectivity index (χ0) is 18.6. The molecule has 0 N–H and O–H groups in total. The lowest BCUT2D eigenvalue weighted by Crippen LogP contribution is -2.45. The second kappa shape index (κ2) is 8.21. The van der Waals surface area contributed by atoms with Crippen molar-refractivity contribution in [2.75, 3.05) is 20.3 Å². The van der Waals surface area contributed by atoms with Gasteiger partial charge in [0.2, 0.25) is 5.91 Å². The quantitative estimate of drug-likeness (QED) is 0.786. The van der Waals surface area contributed by atoms with E-state index in [0.29, 0.717) is 32.0 Å². The van der Waals surface area contributed by atoms with Crippen molar-refractivity contribution < 1.29 is 9.53 Å². The smallest absolute Gasteiger partial charge is 0.246 e. The Bertz CT molecular complexity index is 768. The lowest BCUT2D eigenvalue weighted by atomic mass is 9.88. The minimum atomic E-state index is -0.264. The van der Waals surface area contributed by atoms with Gasteiger partial charge in [-0.05, 0) is 18.4 Å². The predicted octanol–water partition coefficient (Wildman–Crippen LogP) is 3.10. The highest BCUT2D eigenvalue weighted by atomic mass is 16.5. The van der Waals surface area contributed by atoms with Crippen LogP contribution in [0.3, 0.4) is 0 Å². The van der Waals surface area contributed by atoms with Crippen LogP contribution < -0.4 is 0 Å². The SMILES string of the molecule is COCCN1Cc2nnc(C3CCCCC3)n2[C@H](Cc2ccccc2)C1=O. The van der Waals surface area contributed by atoms with E-state index < -0.39 is 0 Å². The van der Waals surface area contributed by atoms with Crippen molar-refractivity contribution in [2.24, 2.45) is 0 Å². The van der Waals surface area contributed by atoms with Crippen LogP contribution in [0.2, 0.25) is 0 Å². The first-order valence-electron chi connectivity index (χ1n) is 10.0. The Balaban J connectivity index is 1.68. The summed E-state index contributed by atoms with van der Waals surface area (Å²) >= 11 is 0. The molecule has 27 heavy (non-hydrogen) atoms. The van der Waals surface area contributed by atoms with E-state index in [0.717, 1.165) is 24.5 Å². The van der Waals surface area contributed by atoms with Crippen molar-refractivity contribution in [3.63, 3.8) is 0 Å². The van der Waals surface area contributed by atoms with Crippen molar-refractivity contribution in [3.8, 4) is 0 Å². The maximum Gasteiger partial charge on any atom is 0.246 e. The summed E-state index contributed by atoms with van der Waals surface area (Å²) in [7, 11) is 1.67. The molecule has 2 aliphatic rings. The van der Waals surface area contributed by atoms with Crippen LogP contribution in [0.5, 0.6) is 0 Å². The summed E-state index contributed by atoms with van der Waals surface area (Å²) in [6.45, 7) is 1.65. The molecule has 1 aromatic carbocycles. The molecule has 0 saturated heterocycles. The van der Waals surface area contributed by atoms with Crippen molar-refractivity contribution in [3.05, 3.63) is 47.5 Å². The number of carbonyl (C=O) groups is 1. The van der Waals surface area contributed by atoms with E-state index in [1.54, 1.807) is 7.11 Å². The molecule has 1 atom stereocenters. The van der Waals surface area contributed by atoms with Gasteiger partial charge in [-0.2, -0.15) is 0 Å². The Morgan fingerprint density at radius 1 is 1.11 bits per heavy atom. The van der Waals surface area contributed by atoms with Crippen molar-refractivity contribution >= 4 is 5.91 Å². The molecule has 1 aromatic heterocycles. The molecule has 144 valence electrons. The van der Waals surface area contributed by atoms with E-state index in [2.05, 4.69) is 26.9 Å². The highest BCUT2D eigenvalue weighted by Gasteiger charge is 2.37. The van der Waals surface area contributed by atoms with Crippen LogP contribution in [0.4, 0.5) is 0 Å². The van der Waals surface area contributed by atoms with Crippen molar-refractivity contribution in [1.82, 2.24) is 19.7 Å². The van der Waals surface area contributed by atoms with Gasteiger partial charge in [-0.15, -0.1) is 10.2 Å². The van der Waals surface area contributed by atoms with E-state index in [9.17, 15) is 4.79 Å². The zero-order valence-corrected chi connectivity index (χ0v) is 16.0. The van der Waals surface area contributed by atoms with Crippen LogP contribution in [-0.4, -0.2) is 45.8 Å². The fourth-order valence-electron chi connectivity index (χ4n) is 4.40. The van der Waals surface area contributed by atoms with Gasteiger partial charge in [-0.3, -0.25) is 4.79 Å². The fourth-order valence-corrected chi connectivity index (χ4v) is 4.40. The minimum Gasteiger partial charge on any atom is -0.383 e. The number of carbonyl (C=O) groups excluding carboxylic acids is 1. The van der Waals surface area contributed by atoms with Gasteiger partial charge in [0.25, 0.3) is 0 Å². The van der Waals surface area contributed by atoms with Gasteiger partial charge < -0.3 is 14.2 Å². The van der Waals surface area contributed by atoms with E-state index in [1.165, 1.54) is 24.8 Å². The number of ether oxygens (including phenoxy) is 1. The maximum absolute atomic E-state index is 13.3. The van der Waals surface area contributed by atoms with Crippen LogP contribution >= 0.6 is 0 Å². The molecule has 2 heterocycles. The number of rotatable bonds is 6. The third-order valence-electron chi connectivity index (χ3n) is 5.84. The lowest BCUT2D eigenvalue weighted by molar-refractivity contribution is -0.138. The molecule has 2 aromatic rings. The highest BCUT2D eigenvalue weighted by Crippen LogP contribution is 2.35. The summed E-state index contributed by atoms with van der Waals surface area (Å²) in [5.41, 5.74) is 1.17. The summed E-state index contributed by atoms with van der Waals surface area (Å²) in [4.78, 5) is 15.2. The Morgan fingerprint density at radius 2 is 1.89 bits per heavy atom. The standard InChI is InChI=1S/C21H28N4O2/c1-27-13-12-24-15-19-22-23-20(17-10-6-3-7-11-17)25(19)18(21(24)26)14-16-8-4-2-5-9-16/h2,4-5,8-9,17-18H,3,6-7,10-15H2,1H3/t18-/m1/s1.